The molecular weight excluding hydrogens is 439 g/mol. The SMILES string of the molecule is CN=C(NCCCOC(C)c1ccccc1)NCC1CCCN(C)C1.I. The second-order valence-corrected chi connectivity index (χ2v) is 6.93. The lowest BCUT2D eigenvalue weighted by molar-refractivity contribution is 0.0646. The summed E-state index contributed by atoms with van der Waals surface area (Å²) in [7, 11) is 4.03. The molecule has 0 aliphatic carbocycles. The van der Waals surface area contributed by atoms with Gasteiger partial charge < -0.3 is 20.3 Å². The molecule has 2 N–H and O–H groups in total. The number of benzene rings is 1. The number of nitrogens with one attached hydrogen (secondary N) is 2. The maximum Gasteiger partial charge on any atom is 0.190 e. The lowest BCUT2D eigenvalue weighted by atomic mass is 9.99. The Bertz CT molecular complexity index is 512. The molecule has 5 nitrogen and oxygen atoms in total. The van der Waals surface area contributed by atoms with Crippen LogP contribution < -0.4 is 10.6 Å². The minimum Gasteiger partial charge on any atom is -0.374 e. The van der Waals surface area contributed by atoms with Crippen LogP contribution in [0.5, 0.6) is 0 Å². The molecular formula is C20H35IN4O. The van der Waals surface area contributed by atoms with E-state index >= 15 is 0 Å². The smallest absolute Gasteiger partial charge is 0.190 e. The first-order chi connectivity index (χ1) is 12.2. The lowest BCUT2D eigenvalue weighted by Gasteiger charge is -2.30. The van der Waals surface area contributed by atoms with E-state index in [1.807, 2.05) is 13.1 Å². The van der Waals surface area contributed by atoms with Crippen molar-refractivity contribution in [3.63, 3.8) is 0 Å². The van der Waals surface area contributed by atoms with Gasteiger partial charge in [-0.3, -0.25) is 4.99 Å². The van der Waals surface area contributed by atoms with Gasteiger partial charge in [0.2, 0.25) is 0 Å². The summed E-state index contributed by atoms with van der Waals surface area (Å²) >= 11 is 0. The van der Waals surface area contributed by atoms with Crippen LogP contribution in [0.15, 0.2) is 35.3 Å². The Morgan fingerprint density at radius 1 is 1.31 bits per heavy atom. The van der Waals surface area contributed by atoms with Gasteiger partial charge in [-0.1, -0.05) is 30.3 Å². The van der Waals surface area contributed by atoms with E-state index in [0.717, 1.165) is 32.1 Å². The van der Waals surface area contributed by atoms with Gasteiger partial charge in [0.15, 0.2) is 5.96 Å². The molecule has 1 heterocycles. The van der Waals surface area contributed by atoms with Gasteiger partial charge in [0.1, 0.15) is 0 Å². The molecule has 0 saturated carbocycles. The molecule has 0 radical (unpaired) electrons. The van der Waals surface area contributed by atoms with Crippen molar-refractivity contribution in [2.45, 2.75) is 32.3 Å². The number of ether oxygens (including phenoxy) is 1. The quantitative estimate of drug-likeness (QED) is 0.263. The Labute approximate surface area is 176 Å². The Balaban J connectivity index is 0.00000338. The monoisotopic (exact) mass is 474 g/mol. The summed E-state index contributed by atoms with van der Waals surface area (Å²) in [4.78, 5) is 6.73. The molecule has 148 valence electrons. The van der Waals surface area contributed by atoms with Crippen LogP contribution in [-0.4, -0.2) is 57.7 Å². The highest BCUT2D eigenvalue weighted by Gasteiger charge is 2.17. The number of hydrogen-bond acceptors (Lipinski definition) is 3. The molecule has 1 fully saturated rings. The normalized spacial score (nSPS) is 19.5. The van der Waals surface area contributed by atoms with E-state index in [0.29, 0.717) is 5.92 Å². The molecule has 1 saturated heterocycles. The Morgan fingerprint density at radius 3 is 2.77 bits per heavy atom. The maximum atomic E-state index is 5.90. The summed E-state index contributed by atoms with van der Waals surface area (Å²) in [6.07, 6.45) is 3.71. The van der Waals surface area contributed by atoms with Crippen molar-refractivity contribution in [1.29, 1.82) is 0 Å². The molecule has 6 heteroatoms. The first-order valence-corrected chi connectivity index (χ1v) is 9.48. The van der Waals surface area contributed by atoms with E-state index < -0.39 is 0 Å². The molecule has 1 aromatic rings. The average molecular weight is 474 g/mol. The van der Waals surface area contributed by atoms with E-state index in [1.54, 1.807) is 0 Å². The van der Waals surface area contributed by atoms with Gasteiger partial charge in [0.05, 0.1) is 6.10 Å². The van der Waals surface area contributed by atoms with Crippen LogP contribution in [0, 0.1) is 5.92 Å². The van der Waals surface area contributed by atoms with Crippen LogP contribution in [0.2, 0.25) is 0 Å². The zero-order valence-electron chi connectivity index (χ0n) is 16.4. The summed E-state index contributed by atoms with van der Waals surface area (Å²) < 4.78 is 5.90. The fourth-order valence-corrected chi connectivity index (χ4v) is 3.26. The molecule has 1 aromatic carbocycles. The number of rotatable bonds is 8. The van der Waals surface area contributed by atoms with Gasteiger partial charge in [0, 0.05) is 33.3 Å². The maximum absolute atomic E-state index is 5.90. The third kappa shape index (κ3) is 8.68. The van der Waals surface area contributed by atoms with Gasteiger partial charge in [0.25, 0.3) is 0 Å². The summed E-state index contributed by atoms with van der Waals surface area (Å²) in [5, 5.41) is 6.84. The summed E-state index contributed by atoms with van der Waals surface area (Å²) in [5.41, 5.74) is 1.23. The zero-order chi connectivity index (χ0) is 17.9. The van der Waals surface area contributed by atoms with Crippen molar-refractivity contribution in [3.05, 3.63) is 35.9 Å². The molecule has 2 unspecified atom stereocenters. The number of piperidine rings is 1. The molecule has 0 amide bonds. The summed E-state index contributed by atoms with van der Waals surface area (Å²) in [6.45, 7) is 7.11. The van der Waals surface area contributed by atoms with E-state index in [2.05, 4.69) is 58.8 Å². The van der Waals surface area contributed by atoms with Crippen LogP contribution in [0.1, 0.15) is 37.9 Å². The minimum absolute atomic E-state index is 0. The highest BCUT2D eigenvalue weighted by Crippen LogP contribution is 2.16. The van der Waals surface area contributed by atoms with Gasteiger partial charge in [-0.05, 0) is 51.3 Å². The predicted octanol–water partition coefficient (Wildman–Crippen LogP) is 3.28. The molecule has 0 bridgehead atoms. The van der Waals surface area contributed by atoms with Crippen molar-refractivity contribution >= 4 is 29.9 Å². The number of aliphatic imine (C=N–C) groups is 1. The number of nitrogens with zero attached hydrogens (tertiary/aromatic N) is 2. The fourth-order valence-electron chi connectivity index (χ4n) is 3.26. The molecule has 1 aliphatic rings. The Hall–Kier alpha value is -0.860. The largest absolute Gasteiger partial charge is 0.374 e. The number of likely N-dealkylation sites (tertiary alicyclic amines) is 1. The second-order valence-electron chi connectivity index (χ2n) is 6.93. The molecule has 26 heavy (non-hydrogen) atoms. The van der Waals surface area contributed by atoms with Gasteiger partial charge in [-0.15, -0.1) is 24.0 Å². The average Bonchev–Trinajstić information content (AvgIpc) is 2.64. The zero-order valence-corrected chi connectivity index (χ0v) is 18.7. The van der Waals surface area contributed by atoms with E-state index in [1.165, 1.54) is 31.5 Å². The first kappa shape index (κ1) is 23.2. The van der Waals surface area contributed by atoms with Crippen LogP contribution in [0.4, 0.5) is 0 Å². The fraction of sp³-hybridized carbons (Fsp3) is 0.650. The van der Waals surface area contributed by atoms with Crippen molar-refractivity contribution < 1.29 is 4.74 Å². The third-order valence-corrected chi connectivity index (χ3v) is 4.75. The standard InChI is InChI=1S/C20H34N4O.HI/c1-17(19-10-5-4-6-11-19)25-14-8-12-22-20(21-2)23-15-18-9-7-13-24(3)16-18;/h4-6,10-11,17-18H,7-9,12-16H2,1-3H3,(H2,21,22,23);1H. The summed E-state index contributed by atoms with van der Waals surface area (Å²) in [6, 6.07) is 10.4. The van der Waals surface area contributed by atoms with Crippen LogP contribution >= 0.6 is 24.0 Å². The second kappa shape index (κ2) is 13.3. The molecule has 2 rings (SSSR count). The lowest BCUT2D eigenvalue weighted by Crippen LogP contribution is -2.43. The number of guanidine groups is 1. The third-order valence-electron chi connectivity index (χ3n) is 4.75. The van der Waals surface area contributed by atoms with Crippen LogP contribution in [0.3, 0.4) is 0 Å². The number of halogens is 1. The molecule has 1 aliphatic heterocycles. The highest BCUT2D eigenvalue weighted by atomic mass is 127. The first-order valence-electron chi connectivity index (χ1n) is 9.48. The van der Waals surface area contributed by atoms with E-state index in [9.17, 15) is 0 Å². The summed E-state index contributed by atoms with van der Waals surface area (Å²) in [5.74, 6) is 1.61. The highest BCUT2D eigenvalue weighted by molar-refractivity contribution is 14.0. The topological polar surface area (TPSA) is 48.9 Å². The van der Waals surface area contributed by atoms with Gasteiger partial charge in [-0.25, -0.2) is 0 Å². The van der Waals surface area contributed by atoms with Gasteiger partial charge >= 0.3 is 0 Å². The van der Waals surface area contributed by atoms with Crippen LogP contribution in [-0.2, 0) is 4.74 Å². The van der Waals surface area contributed by atoms with E-state index in [4.69, 9.17) is 4.74 Å². The minimum atomic E-state index is 0. The van der Waals surface area contributed by atoms with Crippen molar-refractivity contribution in [2.24, 2.45) is 10.9 Å². The van der Waals surface area contributed by atoms with E-state index in [-0.39, 0.29) is 30.1 Å². The number of hydrogen-bond donors (Lipinski definition) is 2. The molecule has 0 aromatic heterocycles. The predicted molar refractivity (Wildman–Crippen MR) is 120 cm³/mol. The van der Waals surface area contributed by atoms with Crippen LogP contribution in [0.25, 0.3) is 0 Å². The molecule has 2 atom stereocenters. The molecule has 0 spiro atoms. The van der Waals surface area contributed by atoms with Crippen molar-refractivity contribution in [3.8, 4) is 0 Å². The van der Waals surface area contributed by atoms with Gasteiger partial charge in [-0.2, -0.15) is 0 Å². The Morgan fingerprint density at radius 2 is 2.08 bits per heavy atom. The van der Waals surface area contributed by atoms with Crippen molar-refractivity contribution in [1.82, 2.24) is 15.5 Å². The van der Waals surface area contributed by atoms with Crippen molar-refractivity contribution in [2.75, 3.05) is 46.9 Å². The Kier molecular flexibility index (Phi) is 11.9.